The van der Waals surface area contributed by atoms with Gasteiger partial charge in [-0.25, -0.2) is 0 Å². The molecular formula is C12H8BrNOS. The minimum Gasteiger partial charge on any atom is -0.297 e. The molecule has 2 nitrogen and oxygen atoms in total. The number of carbonyl (C=O) groups excluding carboxylic acids is 1. The quantitative estimate of drug-likeness (QED) is 0.640. The van der Waals surface area contributed by atoms with Gasteiger partial charge in [0.2, 0.25) is 0 Å². The third-order valence-corrected chi connectivity index (χ3v) is 4.29. The largest absolute Gasteiger partial charge is 0.297 e. The Morgan fingerprint density at radius 3 is 2.94 bits per heavy atom. The number of hydrogen-bond acceptors (Lipinski definition) is 3. The lowest BCUT2D eigenvalue weighted by molar-refractivity contribution is 0.112. The maximum atomic E-state index is 11.0. The number of rotatable bonds is 3. The number of thiophene rings is 1. The van der Waals surface area contributed by atoms with Crippen LogP contribution in [0.2, 0.25) is 0 Å². The van der Waals surface area contributed by atoms with Crippen LogP contribution in [0.1, 0.15) is 20.8 Å². The van der Waals surface area contributed by atoms with Crippen molar-refractivity contribution in [2.45, 2.75) is 11.8 Å². The van der Waals surface area contributed by atoms with E-state index >= 15 is 0 Å². The lowest BCUT2D eigenvalue weighted by atomic mass is 10.1. The second kappa shape index (κ2) is 4.77. The van der Waals surface area contributed by atoms with Crippen molar-refractivity contribution in [3.05, 3.63) is 34.2 Å². The molecule has 0 radical (unpaired) electrons. The molecule has 1 aromatic heterocycles. The Kier molecular flexibility index (Phi) is 3.37. The summed E-state index contributed by atoms with van der Waals surface area (Å²) >= 11 is 4.89. The number of nitrogens with zero attached hydrogens (tertiary/aromatic N) is 1. The normalized spacial score (nSPS) is 10.2. The fourth-order valence-corrected chi connectivity index (χ4v) is 3.51. The van der Waals surface area contributed by atoms with Gasteiger partial charge in [-0.2, -0.15) is 5.26 Å². The van der Waals surface area contributed by atoms with E-state index in [1.807, 2.05) is 18.2 Å². The van der Waals surface area contributed by atoms with Crippen molar-refractivity contribution in [1.82, 2.24) is 0 Å². The average Bonchev–Trinajstić information content (AvgIpc) is 2.68. The van der Waals surface area contributed by atoms with Crippen LogP contribution in [-0.2, 0) is 11.8 Å². The Hall–Kier alpha value is -1.18. The molecule has 0 N–H and O–H groups in total. The van der Waals surface area contributed by atoms with E-state index in [1.165, 1.54) is 11.3 Å². The van der Waals surface area contributed by atoms with Crippen LogP contribution in [-0.4, -0.2) is 6.29 Å². The van der Waals surface area contributed by atoms with Crippen molar-refractivity contribution >= 4 is 43.6 Å². The van der Waals surface area contributed by atoms with Crippen LogP contribution in [0.4, 0.5) is 0 Å². The second-order valence-electron chi connectivity index (χ2n) is 3.33. The van der Waals surface area contributed by atoms with Gasteiger partial charge in [-0.3, -0.25) is 4.79 Å². The highest BCUT2D eigenvalue weighted by Gasteiger charge is 2.13. The number of nitriles is 1. The molecule has 80 valence electrons. The Morgan fingerprint density at radius 1 is 1.50 bits per heavy atom. The number of carbonyl (C=O) groups is 1. The van der Waals surface area contributed by atoms with Crippen LogP contribution >= 0.6 is 27.3 Å². The summed E-state index contributed by atoms with van der Waals surface area (Å²) in [6, 6.07) is 8.07. The zero-order chi connectivity index (χ0) is 11.5. The molecule has 0 saturated carbocycles. The van der Waals surface area contributed by atoms with Crippen LogP contribution in [0.3, 0.4) is 0 Å². The van der Waals surface area contributed by atoms with Crippen molar-refractivity contribution in [3.63, 3.8) is 0 Å². The van der Waals surface area contributed by atoms with Gasteiger partial charge in [-0.1, -0.05) is 34.1 Å². The molecule has 0 unspecified atom stereocenters. The van der Waals surface area contributed by atoms with Crippen LogP contribution in [0.25, 0.3) is 10.1 Å². The first-order valence-electron chi connectivity index (χ1n) is 4.73. The van der Waals surface area contributed by atoms with E-state index in [-0.39, 0.29) is 0 Å². The molecular weight excluding hydrogens is 286 g/mol. The summed E-state index contributed by atoms with van der Waals surface area (Å²) in [6.45, 7) is 0. The molecule has 0 bridgehead atoms. The summed E-state index contributed by atoms with van der Waals surface area (Å²) in [5.41, 5.74) is 2.02. The van der Waals surface area contributed by atoms with Gasteiger partial charge in [0.15, 0.2) is 6.29 Å². The summed E-state index contributed by atoms with van der Waals surface area (Å²) in [5, 5.41) is 10.6. The second-order valence-corrected chi connectivity index (χ2v) is 4.94. The average molecular weight is 294 g/mol. The Morgan fingerprint density at radius 2 is 2.31 bits per heavy atom. The van der Waals surface area contributed by atoms with Gasteiger partial charge in [-0.05, 0) is 16.5 Å². The predicted molar refractivity (Wildman–Crippen MR) is 69.2 cm³/mol. The van der Waals surface area contributed by atoms with Gasteiger partial charge in [0.1, 0.15) is 0 Å². The molecule has 1 aromatic carbocycles. The highest BCUT2D eigenvalue weighted by Crippen LogP contribution is 2.33. The van der Waals surface area contributed by atoms with E-state index in [0.717, 1.165) is 32.8 Å². The SMILES string of the molecule is N#CCc1c(C=O)sc2c(CBr)cccc12. The lowest BCUT2D eigenvalue weighted by Gasteiger charge is -1.98. The first-order valence-corrected chi connectivity index (χ1v) is 6.67. The van der Waals surface area contributed by atoms with Crippen molar-refractivity contribution < 1.29 is 4.79 Å². The van der Waals surface area contributed by atoms with Crippen molar-refractivity contribution in [1.29, 1.82) is 5.26 Å². The van der Waals surface area contributed by atoms with Gasteiger partial charge in [-0.15, -0.1) is 11.3 Å². The fourth-order valence-electron chi connectivity index (χ4n) is 1.71. The highest BCUT2D eigenvalue weighted by molar-refractivity contribution is 9.08. The van der Waals surface area contributed by atoms with Gasteiger partial charge in [0.05, 0.1) is 17.4 Å². The summed E-state index contributed by atoms with van der Waals surface area (Å²) in [6.07, 6.45) is 1.13. The number of fused-ring (bicyclic) bond motifs is 1. The van der Waals surface area contributed by atoms with Crippen LogP contribution in [0.5, 0.6) is 0 Å². The van der Waals surface area contributed by atoms with Gasteiger partial charge < -0.3 is 0 Å². The Bertz CT molecular complexity index is 582. The fraction of sp³-hybridized carbons (Fsp3) is 0.167. The molecule has 0 spiro atoms. The molecule has 0 fully saturated rings. The number of halogens is 1. The van der Waals surface area contributed by atoms with Gasteiger partial charge in [0.25, 0.3) is 0 Å². The Balaban J connectivity index is 2.77. The molecule has 0 aliphatic carbocycles. The Labute approximate surface area is 106 Å². The molecule has 1 heterocycles. The number of benzene rings is 1. The van der Waals surface area contributed by atoms with E-state index in [1.54, 1.807) is 0 Å². The first kappa shape index (κ1) is 11.3. The monoisotopic (exact) mass is 293 g/mol. The lowest BCUT2D eigenvalue weighted by Crippen LogP contribution is -1.85. The molecule has 4 heteroatoms. The van der Waals surface area contributed by atoms with Crippen LogP contribution in [0.15, 0.2) is 18.2 Å². The number of aldehydes is 1. The number of alkyl halides is 1. The van der Waals surface area contributed by atoms with E-state index < -0.39 is 0 Å². The van der Waals surface area contributed by atoms with E-state index in [2.05, 4.69) is 22.0 Å². The maximum Gasteiger partial charge on any atom is 0.160 e. The van der Waals surface area contributed by atoms with Crippen LogP contribution < -0.4 is 0 Å². The molecule has 0 saturated heterocycles. The molecule has 2 rings (SSSR count). The summed E-state index contributed by atoms with van der Waals surface area (Å²) < 4.78 is 1.10. The predicted octanol–water partition coefficient (Wildman–Crippen LogP) is 3.67. The maximum absolute atomic E-state index is 11.0. The summed E-state index contributed by atoms with van der Waals surface area (Å²) in [4.78, 5) is 11.6. The third-order valence-electron chi connectivity index (χ3n) is 2.44. The zero-order valence-electron chi connectivity index (χ0n) is 8.37. The molecule has 0 aliphatic heterocycles. The molecule has 2 aromatic rings. The standard InChI is InChI=1S/C12H8BrNOS/c13-6-8-2-1-3-10-9(4-5-14)11(7-15)16-12(8)10/h1-3,7H,4,6H2. The summed E-state index contributed by atoms with van der Waals surface area (Å²) in [7, 11) is 0. The molecule has 0 atom stereocenters. The van der Waals surface area contributed by atoms with E-state index in [4.69, 9.17) is 5.26 Å². The van der Waals surface area contributed by atoms with Crippen molar-refractivity contribution in [2.75, 3.05) is 0 Å². The highest BCUT2D eigenvalue weighted by atomic mass is 79.9. The van der Waals surface area contributed by atoms with Gasteiger partial charge in [0, 0.05) is 10.0 Å². The molecule has 0 aliphatic rings. The minimum absolute atomic E-state index is 0.291. The zero-order valence-corrected chi connectivity index (χ0v) is 10.8. The topological polar surface area (TPSA) is 40.9 Å². The minimum atomic E-state index is 0.291. The summed E-state index contributed by atoms with van der Waals surface area (Å²) in [5.74, 6) is 0. The third kappa shape index (κ3) is 1.77. The van der Waals surface area contributed by atoms with Crippen LogP contribution in [0, 0.1) is 11.3 Å². The molecule has 0 amide bonds. The number of hydrogen-bond donors (Lipinski definition) is 0. The van der Waals surface area contributed by atoms with E-state index in [0.29, 0.717) is 11.3 Å². The molecule has 16 heavy (non-hydrogen) atoms. The first-order chi connectivity index (χ1) is 7.81. The van der Waals surface area contributed by atoms with Crippen molar-refractivity contribution in [3.8, 4) is 6.07 Å². The van der Waals surface area contributed by atoms with E-state index in [9.17, 15) is 4.79 Å². The van der Waals surface area contributed by atoms with Crippen molar-refractivity contribution in [2.24, 2.45) is 0 Å². The smallest absolute Gasteiger partial charge is 0.160 e. The van der Waals surface area contributed by atoms with Gasteiger partial charge >= 0.3 is 0 Å².